The van der Waals surface area contributed by atoms with E-state index in [1.54, 1.807) is 6.08 Å². The number of nitrogens with one attached hydrogen (secondary N) is 2. The van der Waals surface area contributed by atoms with Crippen molar-refractivity contribution < 1.29 is 24.2 Å². The fourth-order valence-electron chi connectivity index (χ4n) is 3.69. The maximum absolute atomic E-state index is 12.4. The van der Waals surface area contributed by atoms with Crippen molar-refractivity contribution in [3.63, 3.8) is 0 Å². The Morgan fingerprint density at radius 2 is 1.90 bits per heavy atom. The minimum atomic E-state index is -0.576. The van der Waals surface area contributed by atoms with Crippen molar-refractivity contribution in [1.29, 1.82) is 0 Å². The van der Waals surface area contributed by atoms with Gasteiger partial charge in [0.2, 0.25) is 11.8 Å². The first-order valence-electron chi connectivity index (χ1n) is 10.2. The molecule has 0 aliphatic carbocycles. The van der Waals surface area contributed by atoms with Crippen LogP contribution in [0.15, 0.2) is 42.5 Å². The second-order valence-electron chi connectivity index (χ2n) is 7.61. The first kappa shape index (κ1) is 21.5. The predicted molar refractivity (Wildman–Crippen MR) is 108 cm³/mol. The highest BCUT2D eigenvalue weighted by Crippen LogP contribution is 2.19. The summed E-state index contributed by atoms with van der Waals surface area (Å²) in [5.74, 6) is -0.241. The average Bonchev–Trinajstić information content (AvgIpc) is 2.75. The van der Waals surface area contributed by atoms with Crippen molar-refractivity contribution in [2.24, 2.45) is 5.92 Å². The van der Waals surface area contributed by atoms with Gasteiger partial charge >= 0.3 is 0 Å². The molecule has 1 aromatic carbocycles. The van der Waals surface area contributed by atoms with E-state index in [4.69, 9.17) is 9.47 Å². The molecule has 2 heterocycles. The van der Waals surface area contributed by atoms with Crippen LogP contribution in [0.5, 0.6) is 0 Å². The number of ether oxygens (including phenoxy) is 2. The average molecular weight is 402 g/mol. The van der Waals surface area contributed by atoms with E-state index >= 15 is 0 Å². The Morgan fingerprint density at radius 3 is 2.59 bits per heavy atom. The number of hydrogen-bond acceptors (Lipinski definition) is 5. The maximum atomic E-state index is 12.4. The summed E-state index contributed by atoms with van der Waals surface area (Å²) in [7, 11) is 0. The molecule has 0 spiro atoms. The van der Waals surface area contributed by atoms with Crippen molar-refractivity contribution >= 4 is 11.8 Å². The number of benzene rings is 1. The highest BCUT2D eigenvalue weighted by atomic mass is 16.5. The van der Waals surface area contributed by atoms with Crippen molar-refractivity contribution in [3.8, 4) is 0 Å². The van der Waals surface area contributed by atoms with E-state index in [9.17, 15) is 14.7 Å². The van der Waals surface area contributed by atoms with Crippen LogP contribution in [0.3, 0.4) is 0 Å². The Hall–Kier alpha value is -2.22. The van der Waals surface area contributed by atoms with Gasteiger partial charge in [-0.15, -0.1) is 0 Å². The Labute approximate surface area is 171 Å². The monoisotopic (exact) mass is 402 g/mol. The number of amides is 2. The van der Waals surface area contributed by atoms with Gasteiger partial charge in [0.25, 0.3) is 0 Å². The molecular formula is C22H30N2O5. The Bertz CT molecular complexity index is 702. The number of carbonyl (C=O) groups excluding carboxylic acids is 2. The van der Waals surface area contributed by atoms with Gasteiger partial charge in [-0.2, -0.15) is 0 Å². The summed E-state index contributed by atoms with van der Waals surface area (Å²) in [6.45, 7) is 2.89. The van der Waals surface area contributed by atoms with Crippen molar-refractivity contribution in [2.45, 2.75) is 50.5 Å². The van der Waals surface area contributed by atoms with Gasteiger partial charge in [-0.25, -0.2) is 0 Å². The van der Waals surface area contributed by atoms with Gasteiger partial charge in [0.15, 0.2) is 0 Å². The van der Waals surface area contributed by atoms with E-state index < -0.39 is 18.2 Å². The third-order valence-electron chi connectivity index (χ3n) is 5.43. The molecule has 1 fully saturated rings. The third kappa shape index (κ3) is 6.13. The smallest absolute Gasteiger partial charge is 0.223 e. The van der Waals surface area contributed by atoms with Crippen LogP contribution in [0, 0.1) is 5.92 Å². The van der Waals surface area contributed by atoms with Crippen molar-refractivity contribution in [1.82, 2.24) is 10.6 Å². The Morgan fingerprint density at radius 1 is 1.17 bits per heavy atom. The molecule has 3 N–H and O–H groups in total. The lowest BCUT2D eigenvalue weighted by Gasteiger charge is -2.33. The lowest BCUT2D eigenvalue weighted by molar-refractivity contribution is -0.132. The number of aliphatic hydroxyl groups excluding tert-OH is 1. The molecule has 0 aromatic heterocycles. The van der Waals surface area contributed by atoms with Crippen LogP contribution in [-0.2, 0) is 19.1 Å². The van der Waals surface area contributed by atoms with Gasteiger partial charge in [-0.05, 0) is 25.3 Å². The summed E-state index contributed by atoms with van der Waals surface area (Å²) in [4.78, 5) is 24.8. The summed E-state index contributed by atoms with van der Waals surface area (Å²) in [5, 5.41) is 15.6. The van der Waals surface area contributed by atoms with Crippen molar-refractivity contribution in [3.05, 3.63) is 48.0 Å². The second kappa shape index (κ2) is 10.5. The van der Waals surface area contributed by atoms with Crippen LogP contribution in [-0.4, -0.2) is 55.0 Å². The van der Waals surface area contributed by atoms with Crippen LogP contribution in [0.4, 0.5) is 0 Å². The second-order valence-corrected chi connectivity index (χ2v) is 7.61. The lowest BCUT2D eigenvalue weighted by Crippen LogP contribution is -2.51. The molecule has 0 saturated carbocycles. The molecule has 3 rings (SSSR count). The lowest BCUT2D eigenvalue weighted by atomic mass is 9.97. The standard InChI is InChI=1S/C22H30N2O5/c1-15(16-5-3-2-4-6-16)23-21(26)13-18-7-8-19(20(14-25)29-18)24-22(27)17-9-11-28-12-10-17/h2-8,15,17-20,25H,9-14H2,1H3,(H,23,26)(H,24,27)/t15-,18+,19+,20-/m0/s1. The van der Waals surface area contributed by atoms with E-state index in [-0.39, 0.29) is 36.8 Å². The third-order valence-corrected chi connectivity index (χ3v) is 5.43. The highest BCUT2D eigenvalue weighted by Gasteiger charge is 2.31. The van der Waals surface area contributed by atoms with Crippen LogP contribution in [0.2, 0.25) is 0 Å². The first-order valence-corrected chi connectivity index (χ1v) is 10.2. The number of carbonyl (C=O) groups is 2. The molecule has 1 aromatic rings. The van der Waals surface area contributed by atoms with Gasteiger partial charge in [-0.3, -0.25) is 9.59 Å². The van der Waals surface area contributed by atoms with E-state index in [0.717, 1.165) is 5.56 Å². The zero-order chi connectivity index (χ0) is 20.6. The summed E-state index contributed by atoms with van der Waals surface area (Å²) in [6.07, 6.45) is 4.16. The molecule has 2 amide bonds. The topological polar surface area (TPSA) is 96.9 Å². The minimum Gasteiger partial charge on any atom is -0.394 e. The first-order chi connectivity index (χ1) is 14.1. The van der Waals surface area contributed by atoms with Crippen LogP contribution in [0.1, 0.15) is 37.8 Å². The summed E-state index contributed by atoms with van der Waals surface area (Å²) in [6, 6.07) is 9.24. The zero-order valence-electron chi connectivity index (χ0n) is 16.8. The number of rotatable bonds is 7. The highest BCUT2D eigenvalue weighted by molar-refractivity contribution is 5.79. The van der Waals surface area contributed by atoms with E-state index in [0.29, 0.717) is 26.1 Å². The number of aliphatic hydroxyl groups is 1. The number of hydrogen-bond donors (Lipinski definition) is 3. The molecule has 29 heavy (non-hydrogen) atoms. The zero-order valence-corrected chi connectivity index (χ0v) is 16.8. The Balaban J connectivity index is 1.51. The van der Waals surface area contributed by atoms with Gasteiger partial charge in [0, 0.05) is 19.1 Å². The summed E-state index contributed by atoms with van der Waals surface area (Å²) >= 11 is 0. The summed E-state index contributed by atoms with van der Waals surface area (Å²) < 4.78 is 11.1. The van der Waals surface area contributed by atoms with Crippen molar-refractivity contribution in [2.75, 3.05) is 19.8 Å². The molecule has 0 unspecified atom stereocenters. The van der Waals surface area contributed by atoms with E-state index in [1.165, 1.54) is 0 Å². The van der Waals surface area contributed by atoms with Gasteiger partial charge in [0.1, 0.15) is 6.10 Å². The predicted octanol–water partition coefficient (Wildman–Crippen LogP) is 1.48. The van der Waals surface area contributed by atoms with Gasteiger partial charge in [-0.1, -0.05) is 42.5 Å². The SMILES string of the molecule is C[C@H](NC(=O)C[C@H]1C=C[C@@H](NC(=O)C2CCOCC2)[C@H](CO)O1)c1ccccc1. The molecule has 0 radical (unpaired) electrons. The molecule has 2 aliphatic heterocycles. The van der Waals surface area contributed by atoms with E-state index in [2.05, 4.69) is 10.6 Å². The fraction of sp³-hybridized carbons (Fsp3) is 0.545. The fourth-order valence-corrected chi connectivity index (χ4v) is 3.69. The quantitative estimate of drug-likeness (QED) is 0.601. The van der Waals surface area contributed by atoms with Crippen LogP contribution in [0.25, 0.3) is 0 Å². The van der Waals surface area contributed by atoms with Gasteiger partial charge < -0.3 is 25.2 Å². The summed E-state index contributed by atoms with van der Waals surface area (Å²) in [5.41, 5.74) is 1.03. The minimum absolute atomic E-state index is 0.0436. The maximum Gasteiger partial charge on any atom is 0.223 e. The normalized spacial score (nSPS) is 25.9. The molecule has 2 aliphatic rings. The van der Waals surface area contributed by atoms with Crippen LogP contribution < -0.4 is 10.6 Å². The molecule has 1 saturated heterocycles. The van der Waals surface area contributed by atoms with Crippen LogP contribution >= 0.6 is 0 Å². The largest absolute Gasteiger partial charge is 0.394 e. The Kier molecular flexibility index (Phi) is 7.80. The molecule has 0 bridgehead atoms. The molecule has 158 valence electrons. The van der Waals surface area contributed by atoms with Gasteiger partial charge in [0.05, 0.1) is 31.2 Å². The molecule has 7 heteroatoms. The molecular weight excluding hydrogens is 372 g/mol. The van der Waals surface area contributed by atoms with E-state index in [1.807, 2.05) is 43.3 Å². The molecule has 4 atom stereocenters. The molecule has 7 nitrogen and oxygen atoms in total.